The lowest BCUT2D eigenvalue weighted by molar-refractivity contribution is -0.140. The molecule has 0 aliphatic carbocycles. The summed E-state index contributed by atoms with van der Waals surface area (Å²) in [6, 6.07) is 2.65. The Morgan fingerprint density at radius 3 is 2.71 bits per heavy atom. The van der Waals surface area contributed by atoms with Gasteiger partial charge in [0, 0.05) is 13.2 Å². The van der Waals surface area contributed by atoms with E-state index in [1.54, 1.807) is 0 Å². The van der Waals surface area contributed by atoms with Crippen LogP contribution in [0.3, 0.4) is 0 Å². The van der Waals surface area contributed by atoms with Gasteiger partial charge in [-0.1, -0.05) is 6.07 Å². The van der Waals surface area contributed by atoms with Crippen molar-refractivity contribution in [3.63, 3.8) is 0 Å². The number of hydrogen-bond donors (Lipinski definition) is 1. The Kier molecular flexibility index (Phi) is 4.82. The summed E-state index contributed by atoms with van der Waals surface area (Å²) in [7, 11) is 0. The summed E-state index contributed by atoms with van der Waals surface area (Å²) in [6.07, 6.45) is -2.31. The molecule has 3 nitrogen and oxygen atoms in total. The van der Waals surface area contributed by atoms with Crippen molar-refractivity contribution in [1.82, 2.24) is 5.32 Å². The minimum Gasteiger partial charge on any atom is -0.376 e. The Morgan fingerprint density at radius 2 is 2.10 bits per heavy atom. The molecule has 1 aliphatic heterocycles. The smallest absolute Gasteiger partial charge is 0.376 e. The summed E-state index contributed by atoms with van der Waals surface area (Å²) in [5.41, 5.74) is -2.05. The van der Waals surface area contributed by atoms with E-state index < -0.39 is 29.0 Å². The number of alkyl halides is 3. The van der Waals surface area contributed by atoms with Crippen LogP contribution in [0.4, 0.5) is 17.6 Å². The summed E-state index contributed by atoms with van der Waals surface area (Å²) >= 11 is 0. The number of ether oxygens (including phenoxy) is 1. The Balaban J connectivity index is 2.05. The molecular formula is C14H15F4NO2. The SMILES string of the molecule is O=C(NCC1CCCCO1)c1cccc(C(F)(F)F)c1F. The predicted molar refractivity (Wildman–Crippen MR) is 67.3 cm³/mol. The molecular weight excluding hydrogens is 290 g/mol. The molecule has 1 unspecified atom stereocenters. The zero-order valence-electron chi connectivity index (χ0n) is 11.2. The summed E-state index contributed by atoms with van der Waals surface area (Å²) in [5, 5.41) is 2.42. The van der Waals surface area contributed by atoms with Crippen molar-refractivity contribution in [2.24, 2.45) is 0 Å². The molecule has 0 bridgehead atoms. The second-order valence-corrected chi connectivity index (χ2v) is 4.86. The van der Waals surface area contributed by atoms with Crippen LogP contribution in [0.15, 0.2) is 18.2 Å². The first kappa shape index (κ1) is 15.8. The second kappa shape index (κ2) is 6.43. The van der Waals surface area contributed by atoms with E-state index in [0.717, 1.165) is 31.4 Å². The van der Waals surface area contributed by atoms with Crippen LogP contribution in [-0.2, 0) is 10.9 Å². The summed E-state index contributed by atoms with van der Waals surface area (Å²) in [5.74, 6) is -2.42. The van der Waals surface area contributed by atoms with Gasteiger partial charge in [-0.25, -0.2) is 4.39 Å². The third kappa shape index (κ3) is 3.93. The summed E-state index contributed by atoms with van der Waals surface area (Å²) in [4.78, 5) is 11.8. The maximum Gasteiger partial charge on any atom is 0.419 e. The molecule has 7 heteroatoms. The zero-order chi connectivity index (χ0) is 15.5. The van der Waals surface area contributed by atoms with Crippen LogP contribution in [0.25, 0.3) is 0 Å². The number of amides is 1. The van der Waals surface area contributed by atoms with Gasteiger partial charge in [0.05, 0.1) is 17.2 Å². The number of carbonyl (C=O) groups excluding carboxylic acids is 1. The molecule has 0 aromatic heterocycles. The van der Waals surface area contributed by atoms with Crippen LogP contribution in [0.2, 0.25) is 0 Å². The number of benzene rings is 1. The van der Waals surface area contributed by atoms with E-state index >= 15 is 0 Å². The molecule has 1 aliphatic rings. The van der Waals surface area contributed by atoms with Crippen LogP contribution in [0, 0.1) is 5.82 Å². The van der Waals surface area contributed by atoms with Crippen LogP contribution in [0.1, 0.15) is 35.2 Å². The monoisotopic (exact) mass is 305 g/mol. The van der Waals surface area contributed by atoms with E-state index in [2.05, 4.69) is 5.32 Å². The quantitative estimate of drug-likeness (QED) is 0.871. The third-order valence-electron chi connectivity index (χ3n) is 3.31. The standard InChI is InChI=1S/C14H15F4NO2/c15-12-10(5-3-6-11(12)14(16,17)18)13(20)19-8-9-4-1-2-7-21-9/h3,5-6,9H,1-2,4,7-8H2,(H,19,20). The number of rotatable bonds is 3. The van der Waals surface area contributed by atoms with E-state index in [0.29, 0.717) is 12.7 Å². The van der Waals surface area contributed by atoms with Gasteiger partial charge in [0.2, 0.25) is 0 Å². The molecule has 1 amide bonds. The lowest BCUT2D eigenvalue weighted by atomic mass is 10.1. The molecule has 116 valence electrons. The van der Waals surface area contributed by atoms with Gasteiger partial charge in [-0.15, -0.1) is 0 Å². The van der Waals surface area contributed by atoms with E-state index in [1.165, 1.54) is 0 Å². The fourth-order valence-electron chi connectivity index (χ4n) is 2.20. The molecule has 1 aromatic rings. The van der Waals surface area contributed by atoms with Gasteiger partial charge >= 0.3 is 6.18 Å². The first-order valence-corrected chi connectivity index (χ1v) is 6.65. The molecule has 1 fully saturated rings. The molecule has 0 saturated carbocycles. The Labute approximate surface area is 119 Å². The Morgan fingerprint density at radius 1 is 1.33 bits per heavy atom. The minimum atomic E-state index is -4.83. The summed E-state index contributed by atoms with van der Waals surface area (Å²) in [6.45, 7) is 0.757. The van der Waals surface area contributed by atoms with Gasteiger partial charge in [-0.2, -0.15) is 13.2 Å². The zero-order valence-corrected chi connectivity index (χ0v) is 11.2. The van der Waals surface area contributed by atoms with Crippen molar-refractivity contribution < 1.29 is 27.1 Å². The minimum absolute atomic E-state index is 0.161. The van der Waals surface area contributed by atoms with Gasteiger partial charge in [0.1, 0.15) is 5.82 Å². The molecule has 1 N–H and O–H groups in total. The second-order valence-electron chi connectivity index (χ2n) is 4.86. The highest BCUT2D eigenvalue weighted by Crippen LogP contribution is 2.32. The molecule has 1 aromatic carbocycles. The number of hydrogen-bond acceptors (Lipinski definition) is 2. The number of halogens is 4. The van der Waals surface area contributed by atoms with Gasteiger partial charge in [-0.05, 0) is 31.4 Å². The Bertz CT molecular complexity index is 510. The van der Waals surface area contributed by atoms with Crippen molar-refractivity contribution in [1.29, 1.82) is 0 Å². The highest BCUT2D eigenvalue weighted by molar-refractivity contribution is 5.94. The molecule has 0 radical (unpaired) electrons. The Hall–Kier alpha value is -1.63. The van der Waals surface area contributed by atoms with E-state index in [4.69, 9.17) is 4.74 Å². The van der Waals surface area contributed by atoms with Crippen molar-refractivity contribution in [2.75, 3.05) is 13.2 Å². The van der Waals surface area contributed by atoms with Crippen LogP contribution < -0.4 is 5.32 Å². The molecule has 21 heavy (non-hydrogen) atoms. The summed E-state index contributed by atoms with van der Waals surface area (Å²) < 4.78 is 56.9. The molecule has 1 saturated heterocycles. The number of carbonyl (C=O) groups is 1. The lowest BCUT2D eigenvalue weighted by Crippen LogP contribution is -2.36. The van der Waals surface area contributed by atoms with Crippen molar-refractivity contribution in [2.45, 2.75) is 31.5 Å². The average molecular weight is 305 g/mol. The van der Waals surface area contributed by atoms with E-state index in [1.807, 2.05) is 0 Å². The van der Waals surface area contributed by atoms with Gasteiger partial charge in [-0.3, -0.25) is 4.79 Å². The maximum absolute atomic E-state index is 13.8. The first-order valence-electron chi connectivity index (χ1n) is 6.65. The highest BCUT2D eigenvalue weighted by atomic mass is 19.4. The largest absolute Gasteiger partial charge is 0.419 e. The molecule has 0 spiro atoms. The molecule has 1 heterocycles. The number of nitrogens with one attached hydrogen (secondary N) is 1. The van der Waals surface area contributed by atoms with Crippen LogP contribution in [0.5, 0.6) is 0 Å². The van der Waals surface area contributed by atoms with Crippen LogP contribution >= 0.6 is 0 Å². The van der Waals surface area contributed by atoms with Gasteiger partial charge in [0.15, 0.2) is 0 Å². The average Bonchev–Trinajstić information content (AvgIpc) is 2.45. The molecule has 2 rings (SSSR count). The normalized spacial score (nSPS) is 19.3. The first-order chi connectivity index (χ1) is 9.89. The topological polar surface area (TPSA) is 38.3 Å². The van der Waals surface area contributed by atoms with Crippen molar-refractivity contribution >= 4 is 5.91 Å². The van der Waals surface area contributed by atoms with Crippen molar-refractivity contribution in [3.05, 3.63) is 35.1 Å². The van der Waals surface area contributed by atoms with Gasteiger partial charge in [0.25, 0.3) is 5.91 Å². The van der Waals surface area contributed by atoms with Crippen molar-refractivity contribution in [3.8, 4) is 0 Å². The maximum atomic E-state index is 13.8. The predicted octanol–water partition coefficient (Wildman–Crippen LogP) is 3.14. The fraction of sp³-hybridized carbons (Fsp3) is 0.500. The third-order valence-corrected chi connectivity index (χ3v) is 3.31. The highest BCUT2D eigenvalue weighted by Gasteiger charge is 2.35. The van der Waals surface area contributed by atoms with E-state index in [-0.39, 0.29) is 12.6 Å². The van der Waals surface area contributed by atoms with Gasteiger partial charge < -0.3 is 10.1 Å². The lowest BCUT2D eigenvalue weighted by Gasteiger charge is -2.22. The van der Waals surface area contributed by atoms with E-state index in [9.17, 15) is 22.4 Å². The molecule has 1 atom stereocenters. The fourth-order valence-corrected chi connectivity index (χ4v) is 2.20. The van der Waals surface area contributed by atoms with Crippen LogP contribution in [-0.4, -0.2) is 25.2 Å².